The molecule has 0 saturated carbocycles. The second kappa shape index (κ2) is 6.12. The van der Waals surface area contributed by atoms with Crippen LogP contribution in [0.2, 0.25) is 0 Å². The molecule has 0 atom stereocenters. The number of ether oxygens (including phenoxy) is 1. The normalized spacial score (nSPS) is 9.71. The number of aromatic hydroxyl groups is 1. The predicted octanol–water partition coefficient (Wildman–Crippen LogP) is 2.11. The average molecular weight is 254 g/mol. The van der Waals surface area contributed by atoms with Crippen molar-refractivity contribution in [2.24, 2.45) is 0 Å². The summed E-state index contributed by atoms with van der Waals surface area (Å²) in [6.45, 7) is 1.96. The van der Waals surface area contributed by atoms with Gasteiger partial charge in [-0.2, -0.15) is 5.26 Å². The standard InChI is InChI=1S/C12H12ClNO3/c1-2-17-12(16)5-10-9(7-14)3-8(6-13)4-11(10)15/h3-4,15H,2,5-6H2,1H3. The Labute approximate surface area is 104 Å². The number of alkyl halides is 1. The molecule has 0 bridgehead atoms. The number of phenols is 1. The summed E-state index contributed by atoms with van der Waals surface area (Å²) in [5.41, 5.74) is 1.15. The Morgan fingerprint density at radius 2 is 2.29 bits per heavy atom. The second-order valence-corrected chi connectivity index (χ2v) is 3.64. The summed E-state index contributed by atoms with van der Waals surface area (Å²) in [7, 11) is 0. The fourth-order valence-corrected chi connectivity index (χ4v) is 1.59. The zero-order valence-electron chi connectivity index (χ0n) is 9.36. The molecule has 0 heterocycles. The number of halogens is 1. The van der Waals surface area contributed by atoms with E-state index in [4.69, 9.17) is 21.6 Å². The monoisotopic (exact) mass is 253 g/mol. The largest absolute Gasteiger partial charge is 0.508 e. The fraction of sp³-hybridized carbons (Fsp3) is 0.333. The maximum atomic E-state index is 11.3. The van der Waals surface area contributed by atoms with E-state index in [-0.39, 0.29) is 35.8 Å². The van der Waals surface area contributed by atoms with E-state index in [1.807, 2.05) is 6.07 Å². The minimum atomic E-state index is -0.474. The third kappa shape index (κ3) is 3.36. The highest BCUT2D eigenvalue weighted by atomic mass is 35.5. The second-order valence-electron chi connectivity index (χ2n) is 3.37. The van der Waals surface area contributed by atoms with E-state index in [2.05, 4.69) is 0 Å². The van der Waals surface area contributed by atoms with Crippen LogP contribution >= 0.6 is 11.6 Å². The third-order valence-electron chi connectivity index (χ3n) is 2.19. The molecule has 0 aliphatic heterocycles. The minimum absolute atomic E-state index is 0.104. The molecular formula is C12H12ClNO3. The van der Waals surface area contributed by atoms with E-state index in [0.717, 1.165) is 0 Å². The highest BCUT2D eigenvalue weighted by Crippen LogP contribution is 2.25. The molecule has 0 aliphatic carbocycles. The number of nitriles is 1. The van der Waals surface area contributed by atoms with Crippen molar-refractivity contribution >= 4 is 17.6 Å². The molecule has 0 fully saturated rings. The van der Waals surface area contributed by atoms with Crippen LogP contribution in [-0.2, 0) is 21.8 Å². The first-order chi connectivity index (χ1) is 8.12. The molecule has 0 spiro atoms. The summed E-state index contributed by atoms with van der Waals surface area (Å²) < 4.78 is 4.77. The lowest BCUT2D eigenvalue weighted by molar-refractivity contribution is -0.142. The molecule has 0 saturated heterocycles. The van der Waals surface area contributed by atoms with Gasteiger partial charge in [0.2, 0.25) is 0 Å². The summed E-state index contributed by atoms with van der Waals surface area (Å²) >= 11 is 5.62. The lowest BCUT2D eigenvalue weighted by atomic mass is 10.0. The highest BCUT2D eigenvalue weighted by Gasteiger charge is 2.14. The first kappa shape index (κ1) is 13.3. The van der Waals surface area contributed by atoms with Gasteiger partial charge in [0.1, 0.15) is 5.75 Å². The summed E-state index contributed by atoms with van der Waals surface area (Å²) in [5, 5.41) is 18.7. The van der Waals surface area contributed by atoms with E-state index in [1.165, 1.54) is 6.07 Å². The Morgan fingerprint density at radius 3 is 2.82 bits per heavy atom. The van der Waals surface area contributed by atoms with Crippen LogP contribution in [0.4, 0.5) is 0 Å². The van der Waals surface area contributed by atoms with Gasteiger partial charge in [-0.1, -0.05) is 0 Å². The summed E-state index contributed by atoms with van der Waals surface area (Å²) in [6.07, 6.45) is -0.120. The van der Waals surface area contributed by atoms with E-state index < -0.39 is 5.97 Å². The number of carbonyl (C=O) groups excluding carboxylic acids is 1. The highest BCUT2D eigenvalue weighted by molar-refractivity contribution is 6.17. The summed E-state index contributed by atoms with van der Waals surface area (Å²) in [5.74, 6) is -0.382. The van der Waals surface area contributed by atoms with Crippen LogP contribution in [0, 0.1) is 11.3 Å². The first-order valence-corrected chi connectivity index (χ1v) is 5.62. The quantitative estimate of drug-likeness (QED) is 0.659. The molecule has 0 unspecified atom stereocenters. The molecule has 17 heavy (non-hydrogen) atoms. The molecule has 1 rings (SSSR count). The van der Waals surface area contributed by atoms with Crippen molar-refractivity contribution in [2.45, 2.75) is 19.2 Å². The number of rotatable bonds is 4. The van der Waals surface area contributed by atoms with Gasteiger partial charge in [-0.05, 0) is 24.6 Å². The Balaban J connectivity index is 3.07. The van der Waals surface area contributed by atoms with Gasteiger partial charge in [-0.15, -0.1) is 11.6 Å². The zero-order chi connectivity index (χ0) is 12.8. The minimum Gasteiger partial charge on any atom is -0.508 e. The van der Waals surface area contributed by atoms with Crippen LogP contribution in [0.15, 0.2) is 12.1 Å². The van der Waals surface area contributed by atoms with E-state index in [1.54, 1.807) is 13.0 Å². The maximum absolute atomic E-state index is 11.3. The van der Waals surface area contributed by atoms with Crippen molar-refractivity contribution in [2.75, 3.05) is 6.61 Å². The Hall–Kier alpha value is -1.73. The van der Waals surface area contributed by atoms with Gasteiger partial charge in [-0.3, -0.25) is 4.79 Å². The molecule has 1 aromatic carbocycles. The molecule has 0 aliphatic rings. The Kier molecular flexibility index (Phi) is 4.80. The van der Waals surface area contributed by atoms with Crippen molar-refractivity contribution < 1.29 is 14.6 Å². The van der Waals surface area contributed by atoms with Gasteiger partial charge < -0.3 is 9.84 Å². The maximum Gasteiger partial charge on any atom is 0.310 e. The number of hydrogen-bond donors (Lipinski definition) is 1. The number of nitrogens with zero attached hydrogens (tertiary/aromatic N) is 1. The summed E-state index contributed by atoms with van der Waals surface area (Å²) in [6, 6.07) is 4.94. The van der Waals surface area contributed by atoms with Gasteiger partial charge >= 0.3 is 5.97 Å². The van der Waals surface area contributed by atoms with Crippen LogP contribution in [0.5, 0.6) is 5.75 Å². The zero-order valence-corrected chi connectivity index (χ0v) is 10.1. The summed E-state index contributed by atoms with van der Waals surface area (Å²) in [4.78, 5) is 11.3. The van der Waals surface area contributed by atoms with Crippen LogP contribution in [0.3, 0.4) is 0 Å². The lowest BCUT2D eigenvalue weighted by Gasteiger charge is -2.08. The molecule has 0 amide bonds. The number of carbonyl (C=O) groups is 1. The molecular weight excluding hydrogens is 242 g/mol. The van der Waals surface area contributed by atoms with E-state index in [0.29, 0.717) is 5.56 Å². The number of esters is 1. The Bertz CT molecular complexity index is 466. The molecule has 4 nitrogen and oxygen atoms in total. The lowest BCUT2D eigenvalue weighted by Crippen LogP contribution is -2.09. The van der Waals surface area contributed by atoms with Crippen LogP contribution in [0.25, 0.3) is 0 Å². The third-order valence-corrected chi connectivity index (χ3v) is 2.50. The molecule has 1 N–H and O–H groups in total. The first-order valence-electron chi connectivity index (χ1n) is 5.08. The smallest absolute Gasteiger partial charge is 0.310 e. The molecule has 1 aromatic rings. The molecule has 5 heteroatoms. The van der Waals surface area contributed by atoms with E-state index >= 15 is 0 Å². The SMILES string of the molecule is CCOC(=O)Cc1c(O)cc(CCl)cc1C#N. The van der Waals surface area contributed by atoms with Crippen molar-refractivity contribution in [3.8, 4) is 11.8 Å². The van der Waals surface area contributed by atoms with Gasteiger partial charge in [0, 0.05) is 11.4 Å². The number of phenolic OH excluding ortho intramolecular Hbond substituents is 1. The van der Waals surface area contributed by atoms with Gasteiger partial charge in [0.05, 0.1) is 24.7 Å². The van der Waals surface area contributed by atoms with Crippen molar-refractivity contribution in [3.63, 3.8) is 0 Å². The molecule has 0 radical (unpaired) electrons. The van der Waals surface area contributed by atoms with E-state index in [9.17, 15) is 9.90 Å². The van der Waals surface area contributed by atoms with Crippen LogP contribution in [0.1, 0.15) is 23.6 Å². The van der Waals surface area contributed by atoms with Gasteiger partial charge in [-0.25, -0.2) is 0 Å². The van der Waals surface area contributed by atoms with Gasteiger partial charge in [0.15, 0.2) is 0 Å². The van der Waals surface area contributed by atoms with Crippen LogP contribution in [-0.4, -0.2) is 17.7 Å². The Morgan fingerprint density at radius 1 is 1.59 bits per heavy atom. The fourth-order valence-electron chi connectivity index (χ4n) is 1.43. The predicted molar refractivity (Wildman–Crippen MR) is 62.7 cm³/mol. The van der Waals surface area contributed by atoms with Crippen molar-refractivity contribution in [3.05, 3.63) is 28.8 Å². The van der Waals surface area contributed by atoms with Gasteiger partial charge in [0.25, 0.3) is 0 Å². The molecule has 0 aromatic heterocycles. The van der Waals surface area contributed by atoms with Crippen molar-refractivity contribution in [1.82, 2.24) is 0 Å². The molecule has 90 valence electrons. The van der Waals surface area contributed by atoms with Crippen LogP contribution < -0.4 is 0 Å². The van der Waals surface area contributed by atoms with Crippen molar-refractivity contribution in [1.29, 1.82) is 5.26 Å². The topological polar surface area (TPSA) is 70.3 Å². The number of benzene rings is 1. The number of hydrogen-bond acceptors (Lipinski definition) is 4. The average Bonchev–Trinajstić information content (AvgIpc) is 2.31.